The van der Waals surface area contributed by atoms with E-state index in [1.165, 1.54) is 7.11 Å². The molecular formula is C10H18N6O2. The van der Waals surface area contributed by atoms with Crippen molar-refractivity contribution >= 4 is 17.8 Å². The molecule has 0 aliphatic heterocycles. The molecule has 1 heterocycles. The summed E-state index contributed by atoms with van der Waals surface area (Å²) in [6.07, 6.45) is 0. The summed E-state index contributed by atoms with van der Waals surface area (Å²) in [6.45, 7) is 5.16. The van der Waals surface area contributed by atoms with E-state index in [0.29, 0.717) is 25.0 Å². The smallest absolute Gasteiger partial charge is 0.322 e. The van der Waals surface area contributed by atoms with Gasteiger partial charge in [-0.15, -0.1) is 0 Å². The highest BCUT2D eigenvalue weighted by molar-refractivity contribution is 5.80. The van der Waals surface area contributed by atoms with Crippen molar-refractivity contribution in [1.29, 1.82) is 0 Å². The summed E-state index contributed by atoms with van der Waals surface area (Å²) in [5, 5.41) is 8.43. The number of ether oxygens (including phenoxy) is 1. The van der Waals surface area contributed by atoms with Crippen LogP contribution in [0.3, 0.4) is 0 Å². The fourth-order valence-corrected chi connectivity index (χ4v) is 1.18. The summed E-state index contributed by atoms with van der Waals surface area (Å²) in [4.78, 5) is 23.4. The number of anilines is 2. The van der Waals surface area contributed by atoms with Gasteiger partial charge in [0.05, 0.1) is 13.7 Å². The number of rotatable bonds is 7. The van der Waals surface area contributed by atoms with Gasteiger partial charge in [-0.05, 0) is 13.8 Å². The lowest BCUT2D eigenvalue weighted by molar-refractivity contribution is -0.119. The van der Waals surface area contributed by atoms with E-state index < -0.39 is 0 Å². The van der Waals surface area contributed by atoms with Crippen molar-refractivity contribution in [1.82, 2.24) is 20.3 Å². The molecule has 0 bridgehead atoms. The van der Waals surface area contributed by atoms with Crippen LogP contribution < -0.4 is 20.7 Å². The third-order valence-electron chi connectivity index (χ3n) is 1.91. The van der Waals surface area contributed by atoms with Gasteiger partial charge < -0.3 is 20.7 Å². The lowest BCUT2D eigenvalue weighted by Crippen LogP contribution is -2.30. The summed E-state index contributed by atoms with van der Waals surface area (Å²) in [6, 6.07) is 0.194. The molecule has 0 aliphatic carbocycles. The fourth-order valence-electron chi connectivity index (χ4n) is 1.18. The summed E-state index contributed by atoms with van der Waals surface area (Å²) in [7, 11) is 1.47. The van der Waals surface area contributed by atoms with Crippen LogP contribution in [0.5, 0.6) is 6.01 Å². The molecule has 1 amide bonds. The first-order chi connectivity index (χ1) is 8.69. The van der Waals surface area contributed by atoms with Gasteiger partial charge in [0.1, 0.15) is 0 Å². The predicted octanol–water partition coefficient (Wildman–Crippen LogP) is -0.140. The third-order valence-corrected chi connectivity index (χ3v) is 1.91. The number of aromatic nitrogens is 3. The van der Waals surface area contributed by atoms with Gasteiger partial charge in [0, 0.05) is 13.1 Å². The lowest BCUT2D eigenvalue weighted by atomic mass is 10.5. The van der Waals surface area contributed by atoms with Crippen LogP contribution >= 0.6 is 0 Å². The maximum atomic E-state index is 11.3. The van der Waals surface area contributed by atoms with Crippen LogP contribution in [-0.4, -0.2) is 47.6 Å². The second kappa shape index (κ2) is 7.25. The molecule has 8 heteroatoms. The van der Waals surface area contributed by atoms with E-state index in [0.717, 1.165) is 0 Å². The Labute approximate surface area is 106 Å². The molecule has 0 atom stereocenters. The molecular weight excluding hydrogens is 236 g/mol. The summed E-state index contributed by atoms with van der Waals surface area (Å²) >= 11 is 0. The maximum absolute atomic E-state index is 11.3. The van der Waals surface area contributed by atoms with Gasteiger partial charge in [-0.1, -0.05) is 0 Å². The molecule has 8 nitrogen and oxygen atoms in total. The van der Waals surface area contributed by atoms with E-state index in [9.17, 15) is 4.79 Å². The Morgan fingerprint density at radius 2 is 1.78 bits per heavy atom. The molecule has 0 radical (unpaired) electrons. The average molecular weight is 254 g/mol. The zero-order valence-corrected chi connectivity index (χ0v) is 10.8. The molecule has 0 saturated heterocycles. The number of nitrogens with zero attached hydrogens (tertiary/aromatic N) is 3. The number of carbonyl (C=O) groups excluding carboxylic acids is 1. The Hall–Kier alpha value is -2.12. The largest absolute Gasteiger partial charge is 0.467 e. The third kappa shape index (κ3) is 4.40. The van der Waals surface area contributed by atoms with Crippen molar-refractivity contribution in [2.75, 3.05) is 37.4 Å². The molecule has 100 valence electrons. The zero-order valence-electron chi connectivity index (χ0n) is 10.8. The van der Waals surface area contributed by atoms with E-state index >= 15 is 0 Å². The molecule has 3 N–H and O–H groups in total. The second-order valence-electron chi connectivity index (χ2n) is 3.31. The van der Waals surface area contributed by atoms with E-state index in [1.807, 2.05) is 13.8 Å². The molecule has 0 aliphatic rings. The first-order valence-corrected chi connectivity index (χ1v) is 5.74. The molecule has 0 spiro atoms. The molecule has 0 unspecified atom stereocenters. The highest BCUT2D eigenvalue weighted by Gasteiger charge is 2.07. The highest BCUT2D eigenvalue weighted by Crippen LogP contribution is 2.09. The number of methoxy groups -OCH3 is 1. The Morgan fingerprint density at radius 3 is 2.33 bits per heavy atom. The first-order valence-electron chi connectivity index (χ1n) is 5.74. The van der Waals surface area contributed by atoms with Gasteiger partial charge in [-0.3, -0.25) is 4.79 Å². The van der Waals surface area contributed by atoms with Crippen LogP contribution in [0, 0.1) is 0 Å². The van der Waals surface area contributed by atoms with E-state index in [4.69, 9.17) is 4.74 Å². The molecule has 1 aromatic rings. The lowest BCUT2D eigenvalue weighted by Gasteiger charge is -2.08. The quantitative estimate of drug-likeness (QED) is 0.622. The van der Waals surface area contributed by atoms with Crippen LogP contribution in [0.25, 0.3) is 0 Å². The van der Waals surface area contributed by atoms with Gasteiger partial charge in [0.15, 0.2) is 0 Å². The standard InChI is InChI=1S/C10H18N6O2/c1-4-11-7(17)6-13-9-14-8(12-5-2)15-10(16-9)18-3/h4-6H2,1-3H3,(H,11,17)(H2,12,13,14,15,16). The maximum Gasteiger partial charge on any atom is 0.322 e. The van der Waals surface area contributed by atoms with Gasteiger partial charge in [0.25, 0.3) is 0 Å². The number of carbonyl (C=O) groups is 1. The normalized spacial score (nSPS) is 9.72. The predicted molar refractivity (Wildman–Crippen MR) is 67.7 cm³/mol. The number of hydrogen-bond acceptors (Lipinski definition) is 7. The Bertz CT molecular complexity index is 398. The van der Waals surface area contributed by atoms with Crippen molar-refractivity contribution in [3.8, 4) is 6.01 Å². The number of hydrogen-bond donors (Lipinski definition) is 3. The fraction of sp³-hybridized carbons (Fsp3) is 0.600. The van der Waals surface area contributed by atoms with Crippen LogP contribution in [-0.2, 0) is 4.79 Å². The molecule has 0 saturated carbocycles. The number of nitrogens with one attached hydrogen (secondary N) is 3. The van der Waals surface area contributed by atoms with E-state index in [-0.39, 0.29) is 18.5 Å². The van der Waals surface area contributed by atoms with Crippen molar-refractivity contribution in [3.05, 3.63) is 0 Å². The molecule has 0 fully saturated rings. The van der Waals surface area contributed by atoms with Gasteiger partial charge in [-0.2, -0.15) is 15.0 Å². The van der Waals surface area contributed by atoms with Crippen LogP contribution in [0.15, 0.2) is 0 Å². The SMILES string of the molecule is CCNC(=O)CNc1nc(NCC)nc(OC)n1. The molecule has 18 heavy (non-hydrogen) atoms. The summed E-state index contributed by atoms with van der Waals surface area (Å²) < 4.78 is 4.95. The Kier molecular flexibility index (Phi) is 5.62. The van der Waals surface area contributed by atoms with E-state index in [2.05, 4.69) is 30.9 Å². The Balaban J connectivity index is 2.68. The topological polar surface area (TPSA) is 101 Å². The van der Waals surface area contributed by atoms with Crippen LogP contribution in [0.1, 0.15) is 13.8 Å². The van der Waals surface area contributed by atoms with Crippen molar-refractivity contribution in [2.45, 2.75) is 13.8 Å². The molecule has 1 rings (SSSR count). The minimum atomic E-state index is -0.123. The monoisotopic (exact) mass is 254 g/mol. The van der Waals surface area contributed by atoms with Crippen molar-refractivity contribution in [2.24, 2.45) is 0 Å². The van der Waals surface area contributed by atoms with E-state index in [1.54, 1.807) is 0 Å². The second-order valence-corrected chi connectivity index (χ2v) is 3.31. The number of likely N-dealkylation sites (N-methyl/N-ethyl adjacent to an activating group) is 1. The molecule has 1 aromatic heterocycles. The molecule has 0 aromatic carbocycles. The van der Waals surface area contributed by atoms with Crippen molar-refractivity contribution in [3.63, 3.8) is 0 Å². The van der Waals surface area contributed by atoms with Crippen molar-refractivity contribution < 1.29 is 9.53 Å². The van der Waals surface area contributed by atoms with Gasteiger partial charge >= 0.3 is 6.01 Å². The van der Waals surface area contributed by atoms with Crippen LogP contribution in [0.2, 0.25) is 0 Å². The summed E-state index contributed by atoms with van der Waals surface area (Å²) in [5.41, 5.74) is 0. The first kappa shape index (κ1) is 13.9. The minimum Gasteiger partial charge on any atom is -0.467 e. The highest BCUT2D eigenvalue weighted by atomic mass is 16.5. The minimum absolute atomic E-state index is 0.104. The summed E-state index contributed by atoms with van der Waals surface area (Å²) in [5.74, 6) is 0.577. The van der Waals surface area contributed by atoms with Gasteiger partial charge in [-0.25, -0.2) is 0 Å². The average Bonchev–Trinajstić information content (AvgIpc) is 2.37. The zero-order chi connectivity index (χ0) is 13.4. The number of amides is 1. The van der Waals surface area contributed by atoms with Crippen LogP contribution in [0.4, 0.5) is 11.9 Å². The Morgan fingerprint density at radius 1 is 1.11 bits per heavy atom. The van der Waals surface area contributed by atoms with Gasteiger partial charge in [0.2, 0.25) is 17.8 Å².